The molecule has 1 fully saturated rings. The summed E-state index contributed by atoms with van der Waals surface area (Å²) in [6.07, 6.45) is 2.38. The standard InChI is InChI=1S/C29H34ClN3O6S/c1-20(21-7-10-23(11-8-21)32-15-5-6-16-32)31-29(34)19-33(25-17-22(30)9-13-26(25)37-2)40(35,36)24-12-14-27(38-3)28(18-24)39-4/h7-14,17-18,20H,5-6,15-16,19H2,1-4H3,(H,31,34). The van der Waals surface area contributed by atoms with Gasteiger partial charge >= 0.3 is 0 Å². The van der Waals surface area contributed by atoms with Gasteiger partial charge in [0.15, 0.2) is 11.5 Å². The zero-order chi connectivity index (χ0) is 28.9. The predicted octanol–water partition coefficient (Wildman–Crippen LogP) is 5.04. The minimum atomic E-state index is -4.28. The first kappa shape index (κ1) is 29.4. The summed E-state index contributed by atoms with van der Waals surface area (Å²) in [5, 5.41) is 3.21. The summed E-state index contributed by atoms with van der Waals surface area (Å²) >= 11 is 6.24. The number of sulfonamides is 1. The van der Waals surface area contributed by atoms with Crippen molar-refractivity contribution in [2.45, 2.75) is 30.7 Å². The molecule has 0 aromatic heterocycles. The van der Waals surface area contributed by atoms with E-state index in [4.69, 9.17) is 25.8 Å². The average Bonchev–Trinajstić information content (AvgIpc) is 3.50. The second-order valence-electron chi connectivity index (χ2n) is 9.42. The summed E-state index contributed by atoms with van der Waals surface area (Å²) in [5.74, 6) is 0.349. The Labute approximate surface area is 240 Å². The van der Waals surface area contributed by atoms with Gasteiger partial charge in [-0.05, 0) is 67.8 Å². The van der Waals surface area contributed by atoms with Crippen LogP contribution in [0.1, 0.15) is 31.4 Å². The number of anilines is 2. The maximum Gasteiger partial charge on any atom is 0.265 e. The lowest BCUT2D eigenvalue weighted by molar-refractivity contribution is -0.120. The van der Waals surface area contributed by atoms with Gasteiger partial charge in [-0.15, -0.1) is 0 Å². The minimum absolute atomic E-state index is 0.0921. The zero-order valence-electron chi connectivity index (χ0n) is 23.0. The van der Waals surface area contributed by atoms with E-state index in [1.807, 2.05) is 31.2 Å². The highest BCUT2D eigenvalue weighted by atomic mass is 35.5. The Kier molecular flexibility index (Phi) is 9.32. The normalized spacial score (nSPS) is 14.0. The molecule has 1 heterocycles. The number of rotatable bonds is 11. The molecule has 0 spiro atoms. The molecule has 214 valence electrons. The molecule has 0 radical (unpaired) electrons. The van der Waals surface area contributed by atoms with Gasteiger partial charge in [-0.1, -0.05) is 23.7 Å². The van der Waals surface area contributed by atoms with Gasteiger partial charge in [0.2, 0.25) is 5.91 Å². The number of halogens is 1. The van der Waals surface area contributed by atoms with Crippen LogP contribution < -0.4 is 28.7 Å². The molecule has 1 aliphatic heterocycles. The maximum absolute atomic E-state index is 14.0. The number of carbonyl (C=O) groups excluding carboxylic acids is 1. The molecule has 1 atom stereocenters. The summed E-state index contributed by atoms with van der Waals surface area (Å²) in [6, 6.07) is 16.5. The van der Waals surface area contributed by atoms with Gasteiger partial charge in [-0.25, -0.2) is 8.42 Å². The third kappa shape index (κ3) is 6.39. The van der Waals surface area contributed by atoms with Crippen LogP contribution in [0.2, 0.25) is 5.02 Å². The Bertz CT molecular complexity index is 1440. The van der Waals surface area contributed by atoms with Crippen molar-refractivity contribution in [3.63, 3.8) is 0 Å². The molecule has 0 aliphatic carbocycles. The maximum atomic E-state index is 14.0. The van der Waals surface area contributed by atoms with Crippen LogP contribution in [0, 0.1) is 0 Å². The Morgan fingerprint density at radius 2 is 1.55 bits per heavy atom. The van der Waals surface area contributed by atoms with Crippen LogP contribution in [0.3, 0.4) is 0 Å². The lowest BCUT2D eigenvalue weighted by Crippen LogP contribution is -2.41. The van der Waals surface area contributed by atoms with Gasteiger partial charge in [0, 0.05) is 29.9 Å². The van der Waals surface area contributed by atoms with Crippen molar-refractivity contribution in [3.05, 3.63) is 71.2 Å². The lowest BCUT2D eigenvalue weighted by atomic mass is 10.1. The molecule has 1 saturated heterocycles. The number of nitrogens with zero attached hydrogens (tertiary/aromatic N) is 2. The second-order valence-corrected chi connectivity index (χ2v) is 11.7. The Balaban J connectivity index is 1.62. The minimum Gasteiger partial charge on any atom is -0.495 e. The lowest BCUT2D eigenvalue weighted by Gasteiger charge is -2.27. The quantitative estimate of drug-likeness (QED) is 0.336. The van der Waals surface area contributed by atoms with Crippen molar-refractivity contribution in [2.24, 2.45) is 0 Å². The fraction of sp³-hybridized carbons (Fsp3) is 0.345. The van der Waals surface area contributed by atoms with E-state index in [0.29, 0.717) is 5.75 Å². The molecule has 0 bridgehead atoms. The van der Waals surface area contributed by atoms with Crippen molar-refractivity contribution >= 4 is 38.9 Å². The monoisotopic (exact) mass is 587 g/mol. The van der Waals surface area contributed by atoms with Crippen molar-refractivity contribution in [1.29, 1.82) is 0 Å². The highest BCUT2D eigenvalue weighted by Crippen LogP contribution is 2.37. The van der Waals surface area contributed by atoms with Gasteiger partial charge in [0.25, 0.3) is 10.0 Å². The number of ether oxygens (including phenoxy) is 3. The summed E-state index contributed by atoms with van der Waals surface area (Å²) in [6.45, 7) is 3.44. The fourth-order valence-electron chi connectivity index (χ4n) is 4.71. The number of amides is 1. The fourth-order valence-corrected chi connectivity index (χ4v) is 6.32. The van der Waals surface area contributed by atoms with Crippen LogP contribution in [0.15, 0.2) is 65.6 Å². The Morgan fingerprint density at radius 3 is 2.17 bits per heavy atom. The molecule has 9 nitrogen and oxygen atoms in total. The van der Waals surface area contributed by atoms with Crippen LogP contribution in [0.5, 0.6) is 17.2 Å². The molecule has 3 aromatic carbocycles. The highest BCUT2D eigenvalue weighted by molar-refractivity contribution is 7.92. The number of hydrogen-bond donors (Lipinski definition) is 1. The van der Waals surface area contributed by atoms with Crippen LogP contribution in [0.4, 0.5) is 11.4 Å². The van der Waals surface area contributed by atoms with E-state index in [2.05, 4.69) is 10.2 Å². The average molecular weight is 588 g/mol. The van der Waals surface area contributed by atoms with Gasteiger partial charge in [0.1, 0.15) is 12.3 Å². The first-order valence-corrected chi connectivity index (χ1v) is 14.7. The third-order valence-electron chi connectivity index (χ3n) is 6.88. The van der Waals surface area contributed by atoms with Crippen molar-refractivity contribution in [1.82, 2.24) is 5.32 Å². The van der Waals surface area contributed by atoms with E-state index >= 15 is 0 Å². The first-order chi connectivity index (χ1) is 19.2. The number of nitrogens with one attached hydrogen (secondary N) is 1. The smallest absolute Gasteiger partial charge is 0.265 e. The molecule has 1 unspecified atom stereocenters. The predicted molar refractivity (Wildman–Crippen MR) is 157 cm³/mol. The molecule has 0 saturated carbocycles. The van der Waals surface area contributed by atoms with E-state index in [1.165, 1.54) is 58.4 Å². The molecule has 1 amide bonds. The number of carbonyl (C=O) groups is 1. The number of benzene rings is 3. The topological polar surface area (TPSA) is 97.4 Å². The number of methoxy groups -OCH3 is 3. The van der Waals surface area contributed by atoms with Crippen LogP contribution in [-0.2, 0) is 14.8 Å². The molecule has 4 rings (SSSR count). The molecule has 40 heavy (non-hydrogen) atoms. The van der Waals surface area contributed by atoms with Gasteiger partial charge in [-0.2, -0.15) is 0 Å². The molecule has 1 aliphatic rings. The van der Waals surface area contributed by atoms with E-state index in [9.17, 15) is 13.2 Å². The highest BCUT2D eigenvalue weighted by Gasteiger charge is 2.31. The van der Waals surface area contributed by atoms with Crippen molar-refractivity contribution in [2.75, 3.05) is 50.2 Å². The summed E-state index contributed by atoms with van der Waals surface area (Å²) < 4.78 is 44.9. The van der Waals surface area contributed by atoms with E-state index < -0.39 is 22.5 Å². The van der Waals surface area contributed by atoms with Gasteiger partial charge in [0.05, 0.1) is 38.0 Å². The van der Waals surface area contributed by atoms with E-state index in [0.717, 1.165) is 28.6 Å². The first-order valence-electron chi connectivity index (χ1n) is 12.9. The van der Waals surface area contributed by atoms with Crippen LogP contribution in [-0.4, -0.2) is 55.3 Å². The SMILES string of the molecule is COc1ccc(S(=O)(=O)N(CC(=O)NC(C)c2ccc(N3CCCC3)cc2)c2cc(Cl)ccc2OC)cc1OC. The second kappa shape index (κ2) is 12.7. The number of hydrogen-bond acceptors (Lipinski definition) is 7. The third-order valence-corrected chi connectivity index (χ3v) is 8.87. The molecule has 3 aromatic rings. The molecular formula is C29H34ClN3O6S. The largest absolute Gasteiger partial charge is 0.495 e. The van der Waals surface area contributed by atoms with E-state index in [-0.39, 0.29) is 33.1 Å². The zero-order valence-corrected chi connectivity index (χ0v) is 24.6. The molecule has 1 N–H and O–H groups in total. The summed E-state index contributed by atoms with van der Waals surface area (Å²) in [7, 11) is 0.0138. The van der Waals surface area contributed by atoms with Gasteiger partial charge < -0.3 is 24.4 Å². The van der Waals surface area contributed by atoms with Crippen LogP contribution in [0.25, 0.3) is 0 Å². The van der Waals surface area contributed by atoms with E-state index in [1.54, 1.807) is 12.1 Å². The molecule has 11 heteroatoms. The summed E-state index contributed by atoms with van der Waals surface area (Å²) in [5.41, 5.74) is 2.19. The van der Waals surface area contributed by atoms with Crippen molar-refractivity contribution in [3.8, 4) is 17.2 Å². The molecular weight excluding hydrogens is 554 g/mol. The van der Waals surface area contributed by atoms with Crippen molar-refractivity contribution < 1.29 is 27.4 Å². The van der Waals surface area contributed by atoms with Gasteiger partial charge in [-0.3, -0.25) is 9.10 Å². The Hall–Kier alpha value is -3.63. The summed E-state index contributed by atoms with van der Waals surface area (Å²) in [4.78, 5) is 15.6. The van der Waals surface area contributed by atoms with Crippen LogP contribution >= 0.6 is 11.6 Å². The Morgan fingerprint density at radius 1 is 0.925 bits per heavy atom.